The molecular formula is C19H19ClN4O4. The highest BCUT2D eigenvalue weighted by Gasteiger charge is 2.06. The Morgan fingerprint density at radius 2 is 2.00 bits per heavy atom. The smallest absolute Gasteiger partial charge is 0.411 e. The number of nitrogens with zero attached hydrogens (tertiary/aromatic N) is 2. The van der Waals surface area contributed by atoms with Crippen LogP contribution in [0.25, 0.3) is 5.65 Å². The fourth-order valence-corrected chi connectivity index (χ4v) is 2.65. The molecule has 2 aromatic heterocycles. The number of methoxy groups -OCH3 is 1. The number of pyridine rings is 1. The number of hydrogen-bond acceptors (Lipinski definition) is 6. The first-order valence-electron chi connectivity index (χ1n) is 8.49. The summed E-state index contributed by atoms with van der Waals surface area (Å²) >= 11 is 5.91. The zero-order valence-corrected chi connectivity index (χ0v) is 15.9. The van der Waals surface area contributed by atoms with Crippen molar-refractivity contribution in [2.24, 2.45) is 0 Å². The molecule has 0 saturated heterocycles. The molecule has 9 heteroatoms. The molecule has 0 unspecified atom stereocenters. The van der Waals surface area contributed by atoms with Crippen molar-refractivity contribution in [3.63, 3.8) is 0 Å². The number of nitrogens with one attached hydrogen (secondary N) is 2. The Hall–Kier alpha value is -3.10. The summed E-state index contributed by atoms with van der Waals surface area (Å²) in [5.74, 6) is 0. The van der Waals surface area contributed by atoms with Crippen molar-refractivity contribution in [2.45, 2.75) is 6.54 Å². The van der Waals surface area contributed by atoms with E-state index in [1.165, 1.54) is 23.8 Å². The van der Waals surface area contributed by atoms with Crippen LogP contribution in [0.5, 0.6) is 0 Å². The van der Waals surface area contributed by atoms with E-state index in [9.17, 15) is 9.59 Å². The molecule has 2 heterocycles. The van der Waals surface area contributed by atoms with Crippen LogP contribution in [0.3, 0.4) is 0 Å². The lowest BCUT2D eigenvalue weighted by atomic mass is 10.2. The van der Waals surface area contributed by atoms with Crippen molar-refractivity contribution in [3.8, 4) is 0 Å². The van der Waals surface area contributed by atoms with Crippen molar-refractivity contribution in [1.29, 1.82) is 0 Å². The molecular weight excluding hydrogens is 384 g/mol. The summed E-state index contributed by atoms with van der Waals surface area (Å²) in [5.41, 5.74) is 2.23. The summed E-state index contributed by atoms with van der Waals surface area (Å²) < 4.78 is 11.2. The van der Waals surface area contributed by atoms with Crippen molar-refractivity contribution in [1.82, 2.24) is 9.38 Å². The van der Waals surface area contributed by atoms with Crippen LogP contribution in [0, 0.1) is 0 Å². The van der Waals surface area contributed by atoms with E-state index in [2.05, 4.69) is 15.6 Å². The zero-order valence-electron chi connectivity index (χ0n) is 15.1. The Morgan fingerprint density at radius 3 is 2.82 bits per heavy atom. The van der Waals surface area contributed by atoms with Gasteiger partial charge in [-0.05, 0) is 30.3 Å². The van der Waals surface area contributed by atoms with E-state index in [1.54, 1.807) is 30.3 Å². The van der Waals surface area contributed by atoms with Gasteiger partial charge in [0.25, 0.3) is 5.56 Å². The van der Waals surface area contributed by atoms with Crippen LogP contribution in [0.4, 0.5) is 16.2 Å². The van der Waals surface area contributed by atoms with E-state index < -0.39 is 6.09 Å². The van der Waals surface area contributed by atoms with E-state index in [1.807, 2.05) is 6.07 Å². The first kappa shape index (κ1) is 19.7. The number of amides is 1. The van der Waals surface area contributed by atoms with Crippen molar-refractivity contribution in [3.05, 3.63) is 69.7 Å². The van der Waals surface area contributed by atoms with Gasteiger partial charge in [0.15, 0.2) is 0 Å². The first-order valence-corrected chi connectivity index (χ1v) is 8.87. The molecule has 146 valence electrons. The Labute approximate surface area is 166 Å². The van der Waals surface area contributed by atoms with Gasteiger partial charge in [0, 0.05) is 30.7 Å². The number of fused-ring (bicyclic) bond motifs is 1. The van der Waals surface area contributed by atoms with Gasteiger partial charge >= 0.3 is 6.09 Å². The second-order valence-corrected chi connectivity index (χ2v) is 6.29. The van der Waals surface area contributed by atoms with Crippen LogP contribution >= 0.6 is 11.6 Å². The number of anilines is 2. The molecule has 0 saturated carbocycles. The molecule has 2 N–H and O–H groups in total. The van der Waals surface area contributed by atoms with E-state index >= 15 is 0 Å². The van der Waals surface area contributed by atoms with Crippen LogP contribution in [-0.4, -0.2) is 35.8 Å². The highest BCUT2D eigenvalue weighted by atomic mass is 35.5. The summed E-state index contributed by atoms with van der Waals surface area (Å²) in [7, 11) is 1.53. The summed E-state index contributed by atoms with van der Waals surface area (Å²) in [4.78, 5) is 28.4. The predicted octanol–water partition coefficient (Wildman–Crippen LogP) is 3.15. The maximum Gasteiger partial charge on any atom is 0.411 e. The maximum absolute atomic E-state index is 12.2. The number of aromatic nitrogens is 2. The van der Waals surface area contributed by atoms with Gasteiger partial charge in [-0.1, -0.05) is 17.7 Å². The fraction of sp³-hybridized carbons (Fsp3) is 0.211. The summed E-state index contributed by atoms with van der Waals surface area (Å²) in [6.07, 6.45) is 0.974. The van der Waals surface area contributed by atoms with Crippen LogP contribution < -0.4 is 16.2 Å². The summed E-state index contributed by atoms with van der Waals surface area (Å²) in [5, 5.41) is 6.29. The Bertz CT molecular complexity index is 1040. The molecule has 0 spiro atoms. The SMILES string of the molecule is COCCOC(=O)Nc1cccc(NCc2cc(=O)n3cc(Cl)ccc3n2)c1. The van der Waals surface area contributed by atoms with Gasteiger partial charge in [0.1, 0.15) is 12.3 Å². The van der Waals surface area contributed by atoms with Gasteiger partial charge in [0.2, 0.25) is 0 Å². The van der Waals surface area contributed by atoms with Crippen molar-refractivity contribution in [2.75, 3.05) is 31.0 Å². The quantitative estimate of drug-likeness (QED) is 0.589. The minimum Gasteiger partial charge on any atom is -0.447 e. The third kappa shape index (κ3) is 5.21. The van der Waals surface area contributed by atoms with E-state index in [4.69, 9.17) is 21.1 Å². The zero-order chi connectivity index (χ0) is 19.9. The predicted molar refractivity (Wildman–Crippen MR) is 107 cm³/mol. The third-order valence-electron chi connectivity index (χ3n) is 3.78. The number of hydrogen-bond donors (Lipinski definition) is 2. The second-order valence-electron chi connectivity index (χ2n) is 5.85. The molecule has 0 radical (unpaired) electrons. The van der Waals surface area contributed by atoms with Crippen molar-refractivity contribution < 1.29 is 14.3 Å². The molecule has 3 aromatic rings. The summed E-state index contributed by atoms with van der Waals surface area (Å²) in [6.45, 7) is 0.852. The Kier molecular flexibility index (Phi) is 6.46. The highest BCUT2D eigenvalue weighted by Crippen LogP contribution is 2.16. The van der Waals surface area contributed by atoms with Gasteiger partial charge in [-0.15, -0.1) is 0 Å². The standard InChI is InChI=1S/C19H19ClN4O4/c1-27-7-8-28-19(26)23-15-4-2-3-14(9-15)21-11-16-10-18(25)24-12-13(20)5-6-17(24)22-16/h2-6,9-10,12,21H,7-8,11H2,1H3,(H,23,26). The van der Waals surface area contributed by atoms with Crippen LogP contribution in [0.15, 0.2) is 53.5 Å². The van der Waals surface area contributed by atoms with E-state index in [0.29, 0.717) is 35.2 Å². The first-order chi connectivity index (χ1) is 13.5. The van der Waals surface area contributed by atoms with Crippen LogP contribution in [0.2, 0.25) is 5.02 Å². The van der Waals surface area contributed by atoms with Gasteiger partial charge in [0.05, 0.1) is 23.9 Å². The van der Waals surface area contributed by atoms with Gasteiger partial charge in [-0.25, -0.2) is 9.78 Å². The van der Waals surface area contributed by atoms with Crippen molar-refractivity contribution >= 4 is 34.7 Å². The fourth-order valence-electron chi connectivity index (χ4n) is 2.49. The lowest BCUT2D eigenvalue weighted by Gasteiger charge is -2.10. The van der Waals surface area contributed by atoms with Crippen LogP contribution in [0.1, 0.15) is 5.69 Å². The molecule has 0 bridgehead atoms. The minimum absolute atomic E-state index is 0.175. The number of carbonyl (C=O) groups excluding carboxylic acids is 1. The maximum atomic E-state index is 12.2. The topological polar surface area (TPSA) is 94.0 Å². The second kappa shape index (κ2) is 9.20. The average Bonchev–Trinajstić information content (AvgIpc) is 2.67. The van der Waals surface area contributed by atoms with Gasteiger partial charge in [-0.2, -0.15) is 0 Å². The molecule has 8 nitrogen and oxygen atoms in total. The molecule has 1 aromatic carbocycles. The highest BCUT2D eigenvalue weighted by molar-refractivity contribution is 6.30. The lowest BCUT2D eigenvalue weighted by molar-refractivity contribution is 0.107. The number of ether oxygens (including phenoxy) is 2. The number of rotatable bonds is 7. The Morgan fingerprint density at radius 1 is 1.18 bits per heavy atom. The molecule has 0 atom stereocenters. The molecule has 28 heavy (non-hydrogen) atoms. The summed E-state index contributed by atoms with van der Waals surface area (Å²) in [6, 6.07) is 11.9. The number of benzene rings is 1. The van der Waals surface area contributed by atoms with E-state index in [-0.39, 0.29) is 12.2 Å². The average molecular weight is 403 g/mol. The molecule has 0 fully saturated rings. The van der Waals surface area contributed by atoms with Gasteiger partial charge < -0.3 is 14.8 Å². The molecule has 0 aliphatic rings. The van der Waals surface area contributed by atoms with Crippen LogP contribution in [-0.2, 0) is 16.0 Å². The Balaban J connectivity index is 1.65. The van der Waals surface area contributed by atoms with Gasteiger partial charge in [-0.3, -0.25) is 14.5 Å². The number of carbonyl (C=O) groups is 1. The van der Waals surface area contributed by atoms with E-state index in [0.717, 1.165) is 5.69 Å². The monoisotopic (exact) mass is 402 g/mol. The number of halogens is 1. The molecule has 3 rings (SSSR count). The molecule has 1 amide bonds. The minimum atomic E-state index is -0.558. The largest absolute Gasteiger partial charge is 0.447 e. The molecule has 0 aliphatic heterocycles. The molecule has 0 aliphatic carbocycles. The normalized spacial score (nSPS) is 10.6. The third-order valence-corrected chi connectivity index (χ3v) is 4.00. The lowest BCUT2D eigenvalue weighted by Crippen LogP contribution is -2.17.